The van der Waals surface area contributed by atoms with Crippen molar-refractivity contribution in [1.82, 2.24) is 0 Å². The van der Waals surface area contributed by atoms with Crippen molar-refractivity contribution in [2.45, 2.75) is 54.7 Å². The highest BCUT2D eigenvalue weighted by atomic mass is 32.2. The first-order valence-electron chi connectivity index (χ1n) is 8.29. The topological polar surface area (TPSA) is 69.4 Å². The molecular weight excluding hydrogens is 314 g/mol. The van der Waals surface area contributed by atoms with E-state index in [1.807, 2.05) is 0 Å². The molecule has 3 rings (SSSR count). The molecule has 1 aliphatic heterocycles. The molecule has 1 aliphatic carbocycles. The lowest BCUT2D eigenvalue weighted by atomic mass is 10.2. The maximum atomic E-state index is 12.6. The van der Waals surface area contributed by atoms with Gasteiger partial charge in [-0.1, -0.05) is 0 Å². The lowest BCUT2D eigenvalue weighted by Crippen LogP contribution is -2.28. The summed E-state index contributed by atoms with van der Waals surface area (Å²) in [5.41, 5.74) is 0.748. The highest BCUT2D eigenvalue weighted by molar-refractivity contribution is 7.92. The Morgan fingerprint density at radius 2 is 1.65 bits per heavy atom. The molecule has 1 saturated heterocycles. The van der Waals surface area contributed by atoms with Gasteiger partial charge in [0.25, 0.3) is 0 Å². The largest absolute Gasteiger partial charge is 0.624 e. The summed E-state index contributed by atoms with van der Waals surface area (Å²) in [7, 11) is -3.31. The molecule has 1 aromatic rings. The molecule has 0 N–H and O–H groups in total. The van der Waals surface area contributed by atoms with Crippen LogP contribution in [0.4, 0.5) is 0 Å². The molecule has 0 amide bonds. The van der Waals surface area contributed by atoms with Crippen molar-refractivity contribution in [1.29, 1.82) is 0 Å². The van der Waals surface area contributed by atoms with Crippen LogP contribution >= 0.6 is 0 Å². The minimum Gasteiger partial charge on any atom is -0.624 e. The van der Waals surface area contributed by atoms with Gasteiger partial charge in [0.05, 0.1) is 10.1 Å². The van der Waals surface area contributed by atoms with Crippen LogP contribution in [0.1, 0.15) is 44.1 Å². The van der Waals surface area contributed by atoms with Crippen LogP contribution in [0.25, 0.3) is 0 Å². The molecule has 23 heavy (non-hydrogen) atoms. The third kappa shape index (κ3) is 3.75. The number of hydrogen-bond acceptors (Lipinski definition) is 4. The van der Waals surface area contributed by atoms with E-state index in [1.54, 1.807) is 30.5 Å². The molecule has 0 unspecified atom stereocenters. The van der Waals surface area contributed by atoms with E-state index in [-0.39, 0.29) is 11.3 Å². The predicted molar refractivity (Wildman–Crippen MR) is 88.5 cm³/mol. The first-order chi connectivity index (χ1) is 11.1. The Kier molecular flexibility index (Phi) is 5.02. The highest BCUT2D eigenvalue weighted by Crippen LogP contribution is 2.24. The zero-order valence-electron chi connectivity index (χ0n) is 13.2. The Bertz CT molecular complexity index is 654. The number of hydrogen-bond donors (Lipinski definition) is 0. The van der Waals surface area contributed by atoms with Crippen LogP contribution in [0.3, 0.4) is 0 Å². The molecule has 0 bridgehead atoms. The molecule has 0 spiro atoms. The molecular formula is C17H23NO4S. The molecule has 1 heterocycles. The molecule has 1 saturated carbocycles. The van der Waals surface area contributed by atoms with Crippen molar-refractivity contribution in [3.05, 3.63) is 35.0 Å². The number of hydroxylamine groups is 1. The average molecular weight is 337 g/mol. The number of ether oxygens (including phenoxy) is 1. The van der Waals surface area contributed by atoms with Gasteiger partial charge in [-0.05, 0) is 49.9 Å². The second-order valence-corrected chi connectivity index (χ2v) is 8.58. The number of benzene rings is 1. The lowest BCUT2D eigenvalue weighted by molar-refractivity contribution is -0.494. The second kappa shape index (κ2) is 7.01. The fourth-order valence-corrected chi connectivity index (χ4v) is 5.05. The minimum absolute atomic E-state index is 0.0700. The van der Waals surface area contributed by atoms with Gasteiger partial charge < -0.3 is 9.94 Å². The van der Waals surface area contributed by atoms with Gasteiger partial charge in [-0.15, -0.1) is 0 Å². The summed E-state index contributed by atoms with van der Waals surface area (Å²) < 4.78 is 31.4. The zero-order chi connectivity index (χ0) is 16.3. The monoisotopic (exact) mass is 337 g/mol. The van der Waals surface area contributed by atoms with Gasteiger partial charge in [-0.2, -0.15) is 0 Å². The fraction of sp³-hybridized carbons (Fsp3) is 0.588. The van der Waals surface area contributed by atoms with E-state index in [0.717, 1.165) is 36.0 Å². The molecule has 2 fully saturated rings. The van der Waals surface area contributed by atoms with Crippen LogP contribution < -0.4 is 0 Å². The normalized spacial score (nSPS) is 21.7. The molecule has 0 radical (unpaired) electrons. The Morgan fingerprint density at radius 3 is 2.26 bits per heavy atom. The predicted octanol–water partition coefficient (Wildman–Crippen LogP) is 2.51. The summed E-state index contributed by atoms with van der Waals surface area (Å²) in [4.78, 5) is 0.333. The third-order valence-corrected chi connectivity index (χ3v) is 7.05. The number of rotatable bonds is 4. The lowest BCUT2D eigenvalue weighted by Gasteiger charge is -2.22. The molecule has 0 aromatic heterocycles. The smallest absolute Gasteiger partial charge is 0.182 e. The van der Waals surface area contributed by atoms with Crippen LogP contribution in [-0.2, 0) is 14.6 Å². The quantitative estimate of drug-likeness (QED) is 0.366. The summed E-state index contributed by atoms with van der Waals surface area (Å²) in [6, 6.07) is 6.72. The van der Waals surface area contributed by atoms with E-state index in [9.17, 15) is 13.6 Å². The second-order valence-electron chi connectivity index (χ2n) is 6.35. The molecule has 2 aliphatic rings. The van der Waals surface area contributed by atoms with Gasteiger partial charge in [0, 0.05) is 31.6 Å². The summed E-state index contributed by atoms with van der Waals surface area (Å²) in [6.07, 6.45) is 6.77. The van der Waals surface area contributed by atoms with Crippen LogP contribution in [0.5, 0.6) is 0 Å². The van der Waals surface area contributed by atoms with Crippen molar-refractivity contribution in [2.24, 2.45) is 0 Å². The molecule has 5 nitrogen and oxygen atoms in total. The van der Waals surface area contributed by atoms with Crippen LogP contribution in [-0.4, -0.2) is 43.9 Å². The third-order valence-electron chi connectivity index (χ3n) is 4.78. The summed E-state index contributed by atoms with van der Waals surface area (Å²) >= 11 is 0. The van der Waals surface area contributed by atoms with Gasteiger partial charge >= 0.3 is 0 Å². The molecule has 0 atom stereocenters. The van der Waals surface area contributed by atoms with Crippen LogP contribution in [0, 0.1) is 5.21 Å². The number of sulfone groups is 1. The van der Waals surface area contributed by atoms with Gasteiger partial charge in [0.2, 0.25) is 0 Å². The fourth-order valence-electron chi connectivity index (χ4n) is 3.33. The Labute approximate surface area is 137 Å². The maximum absolute atomic E-state index is 12.6. The first kappa shape index (κ1) is 16.5. The zero-order valence-corrected chi connectivity index (χ0v) is 14.0. The molecule has 126 valence electrons. The van der Waals surface area contributed by atoms with Crippen LogP contribution in [0.15, 0.2) is 29.2 Å². The average Bonchev–Trinajstić information content (AvgIpc) is 3.11. The van der Waals surface area contributed by atoms with E-state index >= 15 is 0 Å². The van der Waals surface area contributed by atoms with E-state index in [1.165, 1.54) is 0 Å². The SMILES string of the molecule is O=S(=O)(c1ccc(/C=[N+](\[O-])C2CCCC2)cc1)C1CCOCC1. The standard InChI is InChI=1S/C17H23NO4S/c19-18(15-3-1-2-4-15)13-14-5-7-16(8-6-14)23(20,21)17-9-11-22-12-10-17/h5-8,13,15,17H,1-4,9-12H2/b18-13-. The van der Waals surface area contributed by atoms with Crippen molar-refractivity contribution in [3.63, 3.8) is 0 Å². The Morgan fingerprint density at radius 1 is 1.04 bits per heavy atom. The van der Waals surface area contributed by atoms with E-state index in [4.69, 9.17) is 4.74 Å². The van der Waals surface area contributed by atoms with E-state index in [2.05, 4.69) is 0 Å². The number of nitrogens with zero attached hydrogens (tertiary/aromatic N) is 1. The Hall–Kier alpha value is -1.40. The van der Waals surface area contributed by atoms with Gasteiger partial charge in [-0.3, -0.25) is 0 Å². The minimum atomic E-state index is -3.31. The van der Waals surface area contributed by atoms with Crippen molar-refractivity contribution >= 4 is 16.1 Å². The Balaban J connectivity index is 1.74. The highest BCUT2D eigenvalue weighted by Gasteiger charge is 2.29. The maximum Gasteiger partial charge on any atom is 0.182 e. The van der Waals surface area contributed by atoms with Crippen molar-refractivity contribution < 1.29 is 17.9 Å². The van der Waals surface area contributed by atoms with Crippen molar-refractivity contribution in [3.8, 4) is 0 Å². The van der Waals surface area contributed by atoms with Crippen LogP contribution in [0.2, 0.25) is 0 Å². The summed E-state index contributed by atoms with van der Waals surface area (Å²) in [5, 5.41) is 11.7. The van der Waals surface area contributed by atoms with Gasteiger partial charge in [0.15, 0.2) is 22.1 Å². The first-order valence-corrected chi connectivity index (χ1v) is 9.84. The summed E-state index contributed by atoms with van der Waals surface area (Å²) in [5.74, 6) is 0. The van der Waals surface area contributed by atoms with E-state index in [0.29, 0.717) is 31.0 Å². The summed E-state index contributed by atoms with van der Waals surface area (Å²) in [6.45, 7) is 1.00. The molecule has 6 heteroatoms. The molecule has 1 aromatic carbocycles. The van der Waals surface area contributed by atoms with Gasteiger partial charge in [-0.25, -0.2) is 13.2 Å². The van der Waals surface area contributed by atoms with E-state index < -0.39 is 9.84 Å². The van der Waals surface area contributed by atoms with Gasteiger partial charge in [0.1, 0.15) is 0 Å². The van der Waals surface area contributed by atoms with Crippen molar-refractivity contribution in [2.75, 3.05) is 13.2 Å².